The molecule has 1 aliphatic rings. The Labute approximate surface area is 433 Å². The van der Waals surface area contributed by atoms with Crippen LogP contribution in [0.25, 0.3) is 0 Å². The first-order valence-corrected chi connectivity index (χ1v) is 23.1. The van der Waals surface area contributed by atoms with Gasteiger partial charge in [-0.15, -0.1) is 0 Å². The summed E-state index contributed by atoms with van der Waals surface area (Å²) in [6.07, 6.45) is -7.31. The quantitative estimate of drug-likeness (QED) is 0.0327. The van der Waals surface area contributed by atoms with Gasteiger partial charge in [0.05, 0.1) is 18.8 Å². The maximum atomic E-state index is 12.9. The molecule has 0 radical (unpaired) electrons. The number of fused-ring (bicyclic) bond motifs is 1. The fraction of sp³-hybridized carbons (Fsp3) is 0.455. The minimum absolute atomic E-state index is 0.0410. The Morgan fingerprint density at radius 3 is 1.18 bits per heavy atom. The van der Waals surface area contributed by atoms with Gasteiger partial charge in [0.2, 0.25) is 35.5 Å². The number of nitrogens with zero attached hydrogens (tertiary/aromatic N) is 2. The van der Waals surface area contributed by atoms with Crippen LogP contribution in [-0.2, 0) is 57.5 Å². The predicted octanol–water partition coefficient (Wildman–Crippen LogP) is -3.24. The summed E-state index contributed by atoms with van der Waals surface area (Å²) in [5.74, 6) is -16.7. The van der Waals surface area contributed by atoms with Gasteiger partial charge in [0.1, 0.15) is 36.3 Å². The standard InChI is InChI=1S/C44H56N12O21/c45-44-55-35-34(37(65)56-44)48-21(18-47-35)17-46-20-3-1-19(2-4-20)36(64)54-27(43(76)77)9-15-32(61)52-25(41(72)73)7-13-30(59)50-23(39(68)69)5-11-28(57)49-22(38(66)67)6-12-29(58)51-24(40(70)71)8-14-31(60)53-26(42(74)75)10-16-33(62)63/h1-4,22-27,46H,5-18H2,(H,49,57)(H,50,59)(H,51,58)(H,52,61)(H,53,60)(H,54,64)(H,62,63)(H,66,67)(H,68,69)(H,70,71)(H,72,73)(H,74,75)(H,76,77)(H4,45,47,55,56,65). The summed E-state index contributed by atoms with van der Waals surface area (Å²) in [6.45, 7) is 0.444. The number of nitrogens with one attached hydrogen (secondary N) is 9. The van der Waals surface area contributed by atoms with Crippen LogP contribution in [0.5, 0.6) is 0 Å². The minimum atomic E-state index is -1.78. The van der Waals surface area contributed by atoms with Gasteiger partial charge in [0.15, 0.2) is 11.5 Å². The summed E-state index contributed by atoms with van der Waals surface area (Å²) in [5.41, 5.74) is 6.19. The molecule has 33 heteroatoms. The molecule has 6 atom stereocenters. The Kier molecular flexibility index (Phi) is 23.9. The number of carbonyl (C=O) groups is 13. The van der Waals surface area contributed by atoms with E-state index in [1.54, 1.807) is 0 Å². The van der Waals surface area contributed by atoms with E-state index in [-0.39, 0.29) is 36.1 Å². The van der Waals surface area contributed by atoms with Crippen LogP contribution in [0.2, 0.25) is 0 Å². The van der Waals surface area contributed by atoms with Crippen molar-refractivity contribution in [2.45, 2.75) is 113 Å². The van der Waals surface area contributed by atoms with Crippen LogP contribution in [-0.4, -0.2) is 178 Å². The number of nitrogens with two attached hydrogens (primary N) is 1. The highest BCUT2D eigenvalue weighted by Crippen LogP contribution is 2.22. The molecule has 18 N–H and O–H groups in total. The number of aromatic nitrogens is 2. The second kappa shape index (κ2) is 29.8. The number of H-pyrrole nitrogens is 1. The van der Waals surface area contributed by atoms with Crippen molar-refractivity contribution in [1.82, 2.24) is 41.9 Å². The first-order chi connectivity index (χ1) is 36.2. The van der Waals surface area contributed by atoms with Gasteiger partial charge in [-0.1, -0.05) is 0 Å². The average molecular weight is 1090 g/mol. The normalized spacial score (nSPS) is 13.8. The van der Waals surface area contributed by atoms with Gasteiger partial charge in [-0.3, -0.25) is 43.3 Å². The number of hydrogen-bond acceptors (Lipinski definition) is 19. The highest BCUT2D eigenvalue weighted by atomic mass is 16.4. The summed E-state index contributed by atoms with van der Waals surface area (Å²) >= 11 is 0. The molecule has 3 rings (SSSR count). The Morgan fingerprint density at radius 2 is 0.844 bits per heavy atom. The molecule has 0 bridgehead atoms. The number of amides is 6. The first kappa shape index (κ1) is 61.6. The summed E-state index contributed by atoms with van der Waals surface area (Å²) < 4.78 is 0. The smallest absolute Gasteiger partial charge is 0.326 e. The van der Waals surface area contributed by atoms with Crippen molar-refractivity contribution in [2.24, 2.45) is 4.99 Å². The van der Waals surface area contributed by atoms with Crippen LogP contribution >= 0.6 is 0 Å². The number of aliphatic imine (C=N–C) groups is 1. The topological polar surface area (TPSA) is 544 Å². The van der Waals surface area contributed by atoms with E-state index >= 15 is 0 Å². The van der Waals surface area contributed by atoms with Crippen molar-refractivity contribution >= 4 is 106 Å². The lowest BCUT2D eigenvalue weighted by atomic mass is 10.1. The molecule has 0 spiro atoms. The van der Waals surface area contributed by atoms with Gasteiger partial charge in [-0.05, 0) is 62.8 Å². The highest BCUT2D eigenvalue weighted by Gasteiger charge is 2.29. The number of carboxylic acids is 7. The Balaban J connectivity index is 1.43. The number of hydrogen-bond donors (Lipinski definition) is 17. The number of nitrogen functional groups attached to an aromatic ring is 1. The van der Waals surface area contributed by atoms with Crippen molar-refractivity contribution in [3.8, 4) is 0 Å². The monoisotopic (exact) mass is 1090 g/mol. The molecule has 0 saturated carbocycles. The van der Waals surface area contributed by atoms with E-state index in [2.05, 4.69) is 52.2 Å². The molecule has 0 fully saturated rings. The molecule has 1 aromatic heterocycles. The fourth-order valence-electron chi connectivity index (χ4n) is 6.90. The van der Waals surface area contributed by atoms with Crippen LogP contribution in [0.1, 0.15) is 87.4 Å². The fourth-order valence-corrected chi connectivity index (χ4v) is 6.90. The van der Waals surface area contributed by atoms with E-state index in [4.69, 9.17) is 10.8 Å². The van der Waals surface area contributed by atoms with Crippen molar-refractivity contribution < 1.29 is 98.1 Å². The summed E-state index contributed by atoms with van der Waals surface area (Å²) in [5, 5.41) is 84.7. The number of aromatic amines is 1. The third-order valence-corrected chi connectivity index (χ3v) is 11.0. The van der Waals surface area contributed by atoms with E-state index in [0.29, 0.717) is 11.4 Å². The lowest BCUT2D eigenvalue weighted by molar-refractivity contribution is -0.144. The average Bonchev–Trinajstić information content (AvgIpc) is 3.35. The van der Waals surface area contributed by atoms with Gasteiger partial charge in [0.25, 0.3) is 11.5 Å². The molecule has 0 saturated heterocycles. The zero-order valence-electron chi connectivity index (χ0n) is 40.5. The number of aliphatic carboxylic acids is 7. The predicted molar refractivity (Wildman–Crippen MR) is 260 cm³/mol. The number of carboxylic acid groups (broad SMARTS) is 7. The van der Waals surface area contributed by atoms with Crippen molar-refractivity contribution in [2.75, 3.05) is 29.5 Å². The zero-order valence-corrected chi connectivity index (χ0v) is 40.5. The Hall–Kier alpha value is -9.72. The molecule has 2 aromatic rings. The zero-order chi connectivity index (χ0) is 57.5. The SMILES string of the molecule is Nc1nc2c(c(=O)[nH]1)N=C(CNc1ccc(C(=O)NC(CCC(=O)NC(CCC(=O)NC(CCC(=O)NC(CCC(=O)NC(CCC(=O)NC(CCC(=O)O)C(=O)O)C(=O)O)C(=O)O)C(=O)O)C(=O)O)C(=O)O)cc1)CN2. The van der Waals surface area contributed by atoms with Crippen LogP contribution in [0.15, 0.2) is 34.1 Å². The molecule has 33 nitrogen and oxygen atoms in total. The number of carbonyl (C=O) groups excluding carboxylic acids is 6. The van der Waals surface area contributed by atoms with Gasteiger partial charge < -0.3 is 84.0 Å². The molecule has 1 aliphatic heterocycles. The number of rotatable bonds is 34. The molecule has 6 unspecified atom stereocenters. The molecule has 2 heterocycles. The van der Waals surface area contributed by atoms with Gasteiger partial charge >= 0.3 is 41.8 Å². The summed E-state index contributed by atoms with van der Waals surface area (Å²) in [4.78, 5) is 180. The Morgan fingerprint density at radius 1 is 0.506 bits per heavy atom. The molecule has 418 valence electrons. The molecule has 1 aromatic carbocycles. The molecular weight excluding hydrogens is 1030 g/mol. The van der Waals surface area contributed by atoms with E-state index in [0.717, 1.165) is 0 Å². The van der Waals surface area contributed by atoms with Crippen LogP contribution in [0.3, 0.4) is 0 Å². The third-order valence-electron chi connectivity index (χ3n) is 11.0. The van der Waals surface area contributed by atoms with Crippen LogP contribution < -0.4 is 53.8 Å². The lowest BCUT2D eigenvalue weighted by Gasteiger charge is -2.19. The van der Waals surface area contributed by atoms with Crippen molar-refractivity contribution in [1.29, 1.82) is 0 Å². The summed E-state index contributed by atoms with van der Waals surface area (Å²) in [6, 6.07) is -4.41. The van der Waals surface area contributed by atoms with Crippen molar-refractivity contribution in [3.05, 3.63) is 40.2 Å². The first-order valence-electron chi connectivity index (χ1n) is 23.1. The van der Waals surface area contributed by atoms with E-state index in [1.165, 1.54) is 24.3 Å². The molecular formula is C44H56N12O21. The largest absolute Gasteiger partial charge is 0.481 e. The molecule has 77 heavy (non-hydrogen) atoms. The summed E-state index contributed by atoms with van der Waals surface area (Å²) in [7, 11) is 0. The van der Waals surface area contributed by atoms with E-state index in [1.807, 2.05) is 5.32 Å². The maximum absolute atomic E-state index is 12.9. The lowest BCUT2D eigenvalue weighted by Crippen LogP contribution is -2.46. The molecule has 0 aliphatic carbocycles. The van der Waals surface area contributed by atoms with E-state index < -0.39 is 196 Å². The van der Waals surface area contributed by atoms with Gasteiger partial charge in [-0.25, -0.2) is 33.8 Å². The van der Waals surface area contributed by atoms with Gasteiger partial charge in [0, 0.05) is 49.8 Å². The van der Waals surface area contributed by atoms with Crippen LogP contribution in [0.4, 0.5) is 23.1 Å². The van der Waals surface area contributed by atoms with E-state index in [9.17, 15) is 97.8 Å². The number of benzene rings is 1. The van der Waals surface area contributed by atoms with Crippen molar-refractivity contribution in [3.63, 3.8) is 0 Å². The van der Waals surface area contributed by atoms with Crippen LogP contribution in [0, 0.1) is 0 Å². The third kappa shape index (κ3) is 21.7. The minimum Gasteiger partial charge on any atom is -0.481 e. The van der Waals surface area contributed by atoms with Gasteiger partial charge in [-0.2, -0.15) is 4.98 Å². The second-order valence-electron chi connectivity index (χ2n) is 16.9. The molecule has 6 amide bonds. The number of anilines is 3. The maximum Gasteiger partial charge on any atom is 0.326 e. The highest BCUT2D eigenvalue weighted by molar-refractivity contribution is 5.99. The second-order valence-corrected chi connectivity index (χ2v) is 16.9. The Bertz CT molecular complexity index is 2680.